The van der Waals surface area contributed by atoms with Crippen LogP contribution in [0, 0.1) is 6.92 Å². The third kappa shape index (κ3) is 3.99. The molecule has 0 saturated carbocycles. The standard InChI is InChI=1S/C15H16ClN3O5S/c1-4-5-24-14(21)9-7(2)11(15(22)23-3)25-13(9)18-12(20)10-8(16)6-17-19-10/h6H,4-5H2,1-3H3,(H,17,19)(H,18,20). The third-order valence-electron chi connectivity index (χ3n) is 3.21. The Morgan fingerprint density at radius 1 is 1.36 bits per heavy atom. The summed E-state index contributed by atoms with van der Waals surface area (Å²) >= 11 is 6.79. The number of esters is 2. The van der Waals surface area contributed by atoms with Crippen LogP contribution in [0.15, 0.2) is 6.20 Å². The van der Waals surface area contributed by atoms with Crippen LogP contribution in [0.2, 0.25) is 5.02 Å². The smallest absolute Gasteiger partial charge is 0.348 e. The number of nitrogens with zero attached hydrogens (tertiary/aromatic N) is 1. The molecule has 1 amide bonds. The number of ether oxygens (including phenoxy) is 2. The summed E-state index contributed by atoms with van der Waals surface area (Å²) in [6.45, 7) is 3.67. The number of carbonyl (C=O) groups is 3. The molecule has 134 valence electrons. The van der Waals surface area contributed by atoms with Crippen LogP contribution in [0.1, 0.15) is 49.4 Å². The summed E-state index contributed by atoms with van der Waals surface area (Å²) in [7, 11) is 1.24. The number of carbonyl (C=O) groups excluding carboxylic acids is 3. The third-order valence-corrected chi connectivity index (χ3v) is 4.68. The number of halogens is 1. The van der Waals surface area contributed by atoms with Gasteiger partial charge in [-0.25, -0.2) is 9.59 Å². The molecular formula is C15H16ClN3O5S. The van der Waals surface area contributed by atoms with Crippen molar-refractivity contribution in [3.05, 3.63) is 32.9 Å². The van der Waals surface area contributed by atoms with Crippen molar-refractivity contribution >= 4 is 45.8 Å². The lowest BCUT2D eigenvalue weighted by Gasteiger charge is -2.07. The summed E-state index contributed by atoms with van der Waals surface area (Å²) < 4.78 is 9.85. The van der Waals surface area contributed by atoms with Gasteiger partial charge >= 0.3 is 11.9 Å². The predicted octanol–water partition coefficient (Wildman–Crippen LogP) is 3.04. The van der Waals surface area contributed by atoms with Crippen LogP contribution in [0.25, 0.3) is 0 Å². The van der Waals surface area contributed by atoms with Gasteiger partial charge in [0.25, 0.3) is 5.91 Å². The first-order chi connectivity index (χ1) is 11.9. The highest BCUT2D eigenvalue weighted by Gasteiger charge is 2.28. The molecule has 0 radical (unpaired) electrons. The van der Waals surface area contributed by atoms with Gasteiger partial charge in [-0.15, -0.1) is 11.3 Å². The van der Waals surface area contributed by atoms with Crippen molar-refractivity contribution in [1.82, 2.24) is 10.2 Å². The number of aromatic amines is 1. The van der Waals surface area contributed by atoms with E-state index in [1.807, 2.05) is 6.92 Å². The first-order valence-corrected chi connectivity index (χ1v) is 8.49. The van der Waals surface area contributed by atoms with E-state index in [0.29, 0.717) is 12.0 Å². The topological polar surface area (TPSA) is 110 Å². The molecule has 0 fully saturated rings. The van der Waals surface area contributed by atoms with E-state index in [2.05, 4.69) is 15.5 Å². The van der Waals surface area contributed by atoms with Gasteiger partial charge in [0.1, 0.15) is 15.6 Å². The Labute approximate surface area is 152 Å². The van der Waals surface area contributed by atoms with Crippen molar-refractivity contribution in [3.63, 3.8) is 0 Å². The molecule has 2 heterocycles. The minimum absolute atomic E-state index is 0.0419. The molecule has 8 nitrogen and oxygen atoms in total. The molecule has 2 aromatic heterocycles. The lowest BCUT2D eigenvalue weighted by Crippen LogP contribution is -2.16. The summed E-state index contributed by atoms with van der Waals surface area (Å²) in [6, 6.07) is 0. The molecule has 25 heavy (non-hydrogen) atoms. The molecule has 0 atom stereocenters. The number of amides is 1. The molecule has 10 heteroatoms. The fourth-order valence-corrected chi connectivity index (χ4v) is 3.28. The zero-order chi connectivity index (χ0) is 18.6. The number of hydrogen-bond donors (Lipinski definition) is 2. The number of aromatic nitrogens is 2. The second kappa shape index (κ2) is 8.13. The van der Waals surface area contributed by atoms with Gasteiger partial charge in [0.15, 0.2) is 0 Å². The minimum Gasteiger partial charge on any atom is -0.465 e. The van der Waals surface area contributed by atoms with E-state index in [4.69, 9.17) is 21.1 Å². The summed E-state index contributed by atoms with van der Waals surface area (Å²) in [4.78, 5) is 36.8. The van der Waals surface area contributed by atoms with Crippen LogP contribution in [-0.4, -0.2) is 41.8 Å². The summed E-state index contributed by atoms with van der Waals surface area (Å²) in [5.74, 6) is -1.83. The number of hydrogen-bond acceptors (Lipinski definition) is 7. The maximum atomic E-state index is 12.3. The summed E-state index contributed by atoms with van der Waals surface area (Å²) in [5.41, 5.74) is 0.534. The second-order valence-electron chi connectivity index (χ2n) is 4.93. The molecule has 2 rings (SSSR count). The van der Waals surface area contributed by atoms with Gasteiger partial charge in [-0.3, -0.25) is 9.89 Å². The van der Waals surface area contributed by atoms with Gasteiger partial charge < -0.3 is 14.8 Å². The zero-order valence-electron chi connectivity index (χ0n) is 13.8. The van der Waals surface area contributed by atoms with Gasteiger partial charge in [0.2, 0.25) is 0 Å². The fraction of sp³-hybridized carbons (Fsp3) is 0.333. The Morgan fingerprint density at radius 2 is 2.08 bits per heavy atom. The first-order valence-electron chi connectivity index (χ1n) is 7.29. The Bertz CT molecular complexity index is 814. The average Bonchev–Trinajstić information content (AvgIpc) is 3.15. The molecule has 0 spiro atoms. The molecule has 0 bridgehead atoms. The maximum Gasteiger partial charge on any atom is 0.348 e. The molecule has 0 saturated heterocycles. The van der Waals surface area contributed by atoms with Crippen LogP contribution >= 0.6 is 22.9 Å². The number of anilines is 1. The lowest BCUT2D eigenvalue weighted by atomic mass is 10.1. The maximum absolute atomic E-state index is 12.3. The highest BCUT2D eigenvalue weighted by Crippen LogP contribution is 2.34. The van der Waals surface area contributed by atoms with Crippen molar-refractivity contribution in [1.29, 1.82) is 0 Å². The molecule has 2 N–H and O–H groups in total. The Morgan fingerprint density at radius 3 is 2.64 bits per heavy atom. The van der Waals surface area contributed by atoms with Crippen molar-refractivity contribution < 1.29 is 23.9 Å². The Kier molecular flexibility index (Phi) is 6.16. The predicted molar refractivity (Wildman–Crippen MR) is 92.5 cm³/mol. The van der Waals surface area contributed by atoms with E-state index >= 15 is 0 Å². The van der Waals surface area contributed by atoms with Crippen molar-refractivity contribution in [2.45, 2.75) is 20.3 Å². The van der Waals surface area contributed by atoms with E-state index < -0.39 is 17.8 Å². The van der Waals surface area contributed by atoms with Gasteiger partial charge in [-0.2, -0.15) is 5.10 Å². The van der Waals surface area contributed by atoms with E-state index in [9.17, 15) is 14.4 Å². The minimum atomic E-state index is -0.628. The molecule has 0 aliphatic carbocycles. The monoisotopic (exact) mass is 385 g/mol. The quantitative estimate of drug-likeness (QED) is 0.739. The first kappa shape index (κ1) is 18.9. The Hall–Kier alpha value is -2.39. The largest absolute Gasteiger partial charge is 0.465 e. The average molecular weight is 386 g/mol. The van der Waals surface area contributed by atoms with Crippen LogP contribution in [-0.2, 0) is 9.47 Å². The zero-order valence-corrected chi connectivity index (χ0v) is 15.3. The fourth-order valence-electron chi connectivity index (χ4n) is 2.00. The van der Waals surface area contributed by atoms with Gasteiger partial charge in [0.05, 0.1) is 30.5 Å². The number of H-pyrrole nitrogens is 1. The van der Waals surface area contributed by atoms with Crippen LogP contribution in [0.3, 0.4) is 0 Å². The highest BCUT2D eigenvalue weighted by molar-refractivity contribution is 7.18. The lowest BCUT2D eigenvalue weighted by molar-refractivity contribution is 0.0506. The van der Waals surface area contributed by atoms with Gasteiger partial charge in [0, 0.05) is 0 Å². The van der Waals surface area contributed by atoms with Gasteiger partial charge in [-0.05, 0) is 18.9 Å². The number of rotatable bonds is 6. The SMILES string of the molecule is CCCOC(=O)c1c(NC(=O)c2[nH]ncc2Cl)sc(C(=O)OC)c1C. The molecule has 0 aromatic carbocycles. The van der Waals surface area contributed by atoms with Crippen LogP contribution < -0.4 is 5.32 Å². The molecule has 0 aliphatic rings. The Balaban J connectivity index is 2.41. The van der Waals surface area contributed by atoms with Crippen LogP contribution in [0.5, 0.6) is 0 Å². The highest BCUT2D eigenvalue weighted by atomic mass is 35.5. The van der Waals surface area contributed by atoms with Crippen molar-refractivity contribution in [2.75, 3.05) is 19.0 Å². The van der Waals surface area contributed by atoms with Crippen LogP contribution in [0.4, 0.5) is 5.00 Å². The van der Waals surface area contributed by atoms with Crippen molar-refractivity contribution in [3.8, 4) is 0 Å². The molecule has 0 aliphatic heterocycles. The number of methoxy groups -OCH3 is 1. The number of thiophene rings is 1. The molecule has 2 aromatic rings. The van der Waals surface area contributed by atoms with E-state index in [1.165, 1.54) is 13.3 Å². The molecular weight excluding hydrogens is 370 g/mol. The summed E-state index contributed by atoms with van der Waals surface area (Å²) in [5, 5.41) is 9.01. The van der Waals surface area contributed by atoms with E-state index in [0.717, 1.165) is 11.3 Å². The van der Waals surface area contributed by atoms with Crippen molar-refractivity contribution in [2.24, 2.45) is 0 Å². The summed E-state index contributed by atoms with van der Waals surface area (Å²) in [6.07, 6.45) is 1.93. The second-order valence-corrected chi connectivity index (χ2v) is 6.36. The normalized spacial score (nSPS) is 10.4. The van der Waals surface area contributed by atoms with E-state index in [1.54, 1.807) is 6.92 Å². The van der Waals surface area contributed by atoms with Gasteiger partial charge in [-0.1, -0.05) is 18.5 Å². The number of nitrogens with one attached hydrogen (secondary N) is 2. The molecule has 0 unspecified atom stereocenters. The van der Waals surface area contributed by atoms with E-state index in [-0.39, 0.29) is 32.8 Å².